The van der Waals surface area contributed by atoms with E-state index in [1.54, 1.807) is 0 Å². The number of aromatic nitrogens is 1. The molecule has 3 nitrogen and oxygen atoms in total. The fourth-order valence-electron chi connectivity index (χ4n) is 3.83. The van der Waals surface area contributed by atoms with Gasteiger partial charge in [0, 0.05) is 23.6 Å². The Labute approximate surface area is 164 Å². The molecule has 0 aliphatic carbocycles. The van der Waals surface area contributed by atoms with Crippen molar-refractivity contribution in [2.24, 2.45) is 0 Å². The van der Waals surface area contributed by atoms with E-state index < -0.39 is 0 Å². The van der Waals surface area contributed by atoms with Crippen LogP contribution in [0.2, 0.25) is 5.02 Å². The first-order valence-electron chi connectivity index (χ1n) is 9.08. The van der Waals surface area contributed by atoms with E-state index in [0.29, 0.717) is 18.2 Å². The molecule has 0 radical (unpaired) electrons. The summed E-state index contributed by atoms with van der Waals surface area (Å²) < 4.78 is 7.86. The molecule has 138 valence electrons. The molecule has 0 N–H and O–H groups in total. The van der Waals surface area contributed by atoms with Gasteiger partial charge in [0.15, 0.2) is 0 Å². The smallest absolute Gasteiger partial charge is 0.252 e. The van der Waals surface area contributed by atoms with Gasteiger partial charge in [0.05, 0.1) is 10.7 Å². The molecular weight excluding hydrogens is 358 g/mol. The van der Waals surface area contributed by atoms with Crippen LogP contribution >= 0.6 is 11.6 Å². The quantitative estimate of drug-likeness (QED) is 0.614. The maximum atomic E-state index is 12.5. The van der Waals surface area contributed by atoms with Crippen molar-refractivity contribution in [3.63, 3.8) is 0 Å². The zero-order valence-corrected chi connectivity index (χ0v) is 16.5. The lowest BCUT2D eigenvalue weighted by molar-refractivity contribution is 0.304. The molecule has 0 amide bonds. The van der Waals surface area contributed by atoms with Crippen molar-refractivity contribution in [2.45, 2.75) is 39.3 Å². The lowest BCUT2D eigenvalue weighted by Crippen LogP contribution is -2.36. The molecule has 1 aliphatic heterocycles. The van der Waals surface area contributed by atoms with Crippen LogP contribution in [0.3, 0.4) is 0 Å². The first kappa shape index (κ1) is 17.9. The molecule has 0 saturated carbocycles. The van der Waals surface area contributed by atoms with E-state index in [1.165, 1.54) is 11.6 Å². The SMILES string of the molecule is Cc1c(Cl)cc(=O)n2c1-c1ccc(OCc3ccccc3)cc1C(C)(C)C2. The fourth-order valence-corrected chi connectivity index (χ4v) is 4.01. The molecule has 0 unspecified atom stereocenters. The van der Waals surface area contributed by atoms with E-state index in [0.717, 1.165) is 28.1 Å². The Morgan fingerprint density at radius 2 is 1.85 bits per heavy atom. The van der Waals surface area contributed by atoms with Gasteiger partial charge in [-0.3, -0.25) is 4.79 Å². The average Bonchev–Trinajstić information content (AvgIpc) is 2.65. The molecular formula is C23H22ClNO2. The fraction of sp³-hybridized carbons (Fsp3) is 0.261. The van der Waals surface area contributed by atoms with E-state index >= 15 is 0 Å². The minimum atomic E-state index is -0.182. The second kappa shape index (κ2) is 6.58. The predicted octanol–water partition coefficient (Wildman–Crippen LogP) is 5.35. The van der Waals surface area contributed by atoms with E-state index in [2.05, 4.69) is 32.0 Å². The van der Waals surface area contributed by atoms with Crippen molar-refractivity contribution in [1.82, 2.24) is 4.57 Å². The van der Waals surface area contributed by atoms with Gasteiger partial charge < -0.3 is 9.30 Å². The molecule has 3 aromatic rings. The summed E-state index contributed by atoms with van der Waals surface area (Å²) in [6.45, 7) is 7.43. The zero-order chi connectivity index (χ0) is 19.2. The maximum absolute atomic E-state index is 12.5. The van der Waals surface area contributed by atoms with Gasteiger partial charge in [0.2, 0.25) is 0 Å². The minimum Gasteiger partial charge on any atom is -0.489 e. The van der Waals surface area contributed by atoms with Crippen LogP contribution in [0.1, 0.15) is 30.5 Å². The topological polar surface area (TPSA) is 31.2 Å². The van der Waals surface area contributed by atoms with Crippen molar-refractivity contribution >= 4 is 11.6 Å². The number of hydrogen-bond acceptors (Lipinski definition) is 2. The molecule has 0 spiro atoms. The van der Waals surface area contributed by atoms with E-state index in [4.69, 9.17) is 16.3 Å². The Balaban J connectivity index is 1.77. The summed E-state index contributed by atoms with van der Waals surface area (Å²) in [4.78, 5) is 12.5. The number of benzene rings is 2. The van der Waals surface area contributed by atoms with Crippen molar-refractivity contribution < 1.29 is 4.74 Å². The van der Waals surface area contributed by atoms with Crippen LogP contribution in [0.5, 0.6) is 5.75 Å². The molecule has 2 aromatic carbocycles. The van der Waals surface area contributed by atoms with Gasteiger partial charge in [-0.15, -0.1) is 0 Å². The predicted molar refractivity (Wildman–Crippen MR) is 110 cm³/mol. The van der Waals surface area contributed by atoms with Gasteiger partial charge in [0.1, 0.15) is 12.4 Å². The number of ether oxygens (including phenoxy) is 1. The Hall–Kier alpha value is -2.52. The molecule has 0 fully saturated rings. The Kier molecular flexibility index (Phi) is 4.35. The highest BCUT2D eigenvalue weighted by atomic mass is 35.5. The maximum Gasteiger partial charge on any atom is 0.252 e. The summed E-state index contributed by atoms with van der Waals surface area (Å²) in [5.41, 5.74) is 4.98. The van der Waals surface area contributed by atoms with Crippen LogP contribution in [0.15, 0.2) is 59.4 Å². The minimum absolute atomic E-state index is 0.0521. The van der Waals surface area contributed by atoms with E-state index in [-0.39, 0.29) is 11.0 Å². The molecule has 27 heavy (non-hydrogen) atoms. The molecule has 4 rings (SSSR count). The van der Waals surface area contributed by atoms with Gasteiger partial charge in [-0.05, 0) is 41.8 Å². The summed E-state index contributed by atoms with van der Waals surface area (Å²) in [6.07, 6.45) is 0. The molecule has 2 heterocycles. The van der Waals surface area contributed by atoms with Crippen molar-refractivity contribution in [3.05, 3.63) is 86.7 Å². The molecule has 0 saturated heterocycles. The van der Waals surface area contributed by atoms with Crippen molar-refractivity contribution in [1.29, 1.82) is 0 Å². The normalized spacial score (nSPS) is 14.4. The van der Waals surface area contributed by atoms with Crippen molar-refractivity contribution in [2.75, 3.05) is 0 Å². The Morgan fingerprint density at radius 3 is 2.59 bits per heavy atom. The van der Waals surface area contributed by atoms with E-state index in [9.17, 15) is 4.79 Å². The number of halogens is 1. The van der Waals surface area contributed by atoms with Crippen LogP contribution < -0.4 is 10.3 Å². The lowest BCUT2D eigenvalue weighted by atomic mass is 9.77. The Morgan fingerprint density at radius 1 is 1.11 bits per heavy atom. The van der Waals surface area contributed by atoms with Gasteiger partial charge in [-0.1, -0.05) is 55.8 Å². The average molecular weight is 380 g/mol. The molecule has 0 bridgehead atoms. The highest BCUT2D eigenvalue weighted by Gasteiger charge is 2.33. The molecule has 4 heteroatoms. The van der Waals surface area contributed by atoms with E-state index in [1.807, 2.05) is 41.8 Å². The highest BCUT2D eigenvalue weighted by Crippen LogP contribution is 2.42. The third-order valence-corrected chi connectivity index (χ3v) is 5.67. The summed E-state index contributed by atoms with van der Waals surface area (Å²) in [7, 11) is 0. The number of hydrogen-bond donors (Lipinski definition) is 0. The standard InChI is InChI=1S/C23H22ClNO2/c1-15-20(24)12-21(26)25-14-23(2,3)19-11-17(9-10-18(19)22(15)25)27-13-16-7-5-4-6-8-16/h4-12H,13-14H2,1-3H3. The third-order valence-electron chi connectivity index (χ3n) is 5.28. The first-order valence-corrected chi connectivity index (χ1v) is 9.46. The second-order valence-electron chi connectivity index (χ2n) is 7.76. The third kappa shape index (κ3) is 3.17. The van der Waals surface area contributed by atoms with Gasteiger partial charge in [-0.25, -0.2) is 0 Å². The summed E-state index contributed by atoms with van der Waals surface area (Å²) >= 11 is 6.30. The summed E-state index contributed by atoms with van der Waals surface area (Å²) in [5.74, 6) is 0.834. The van der Waals surface area contributed by atoms with Gasteiger partial charge in [0.25, 0.3) is 5.56 Å². The monoisotopic (exact) mass is 379 g/mol. The summed E-state index contributed by atoms with van der Waals surface area (Å²) in [5, 5.41) is 0.515. The number of pyridine rings is 1. The second-order valence-corrected chi connectivity index (χ2v) is 8.16. The van der Waals surface area contributed by atoms with Gasteiger partial charge >= 0.3 is 0 Å². The van der Waals surface area contributed by atoms with Crippen LogP contribution in [0, 0.1) is 6.92 Å². The lowest BCUT2D eigenvalue weighted by Gasteiger charge is -2.36. The number of rotatable bonds is 3. The number of fused-ring (bicyclic) bond motifs is 3. The number of nitrogens with zero attached hydrogens (tertiary/aromatic N) is 1. The van der Waals surface area contributed by atoms with Crippen LogP contribution in [0.4, 0.5) is 0 Å². The van der Waals surface area contributed by atoms with Gasteiger partial charge in [-0.2, -0.15) is 0 Å². The Bertz CT molecular complexity index is 1070. The first-order chi connectivity index (χ1) is 12.9. The van der Waals surface area contributed by atoms with Crippen LogP contribution in [-0.4, -0.2) is 4.57 Å². The largest absolute Gasteiger partial charge is 0.489 e. The van der Waals surface area contributed by atoms with Crippen LogP contribution in [0.25, 0.3) is 11.3 Å². The molecule has 0 atom stereocenters. The molecule has 1 aliphatic rings. The van der Waals surface area contributed by atoms with Crippen molar-refractivity contribution in [3.8, 4) is 17.0 Å². The molecule has 1 aromatic heterocycles. The zero-order valence-electron chi connectivity index (χ0n) is 15.8. The summed E-state index contributed by atoms with van der Waals surface area (Å²) in [6, 6.07) is 17.8. The highest BCUT2D eigenvalue weighted by molar-refractivity contribution is 6.31. The van der Waals surface area contributed by atoms with Crippen LogP contribution in [-0.2, 0) is 18.6 Å².